The lowest BCUT2D eigenvalue weighted by atomic mass is 10.00. The van der Waals surface area contributed by atoms with Crippen LogP contribution in [0, 0.1) is 5.82 Å². The molecule has 0 spiro atoms. The van der Waals surface area contributed by atoms with E-state index >= 15 is 0 Å². The van der Waals surface area contributed by atoms with E-state index in [0.29, 0.717) is 12.1 Å². The summed E-state index contributed by atoms with van der Waals surface area (Å²) >= 11 is 1.43. The minimum Gasteiger partial charge on any atom is -0.507 e. The minimum absolute atomic E-state index is 0.0700. The fourth-order valence-corrected chi connectivity index (χ4v) is 3.99. The Kier molecular flexibility index (Phi) is 5.52. The van der Waals surface area contributed by atoms with Gasteiger partial charge in [0.1, 0.15) is 11.6 Å². The van der Waals surface area contributed by atoms with E-state index in [2.05, 4.69) is 6.92 Å². The van der Waals surface area contributed by atoms with E-state index in [-0.39, 0.29) is 11.3 Å². The number of aliphatic hydroxyl groups is 1. The molecular formula is C20H20FNO3S. The van der Waals surface area contributed by atoms with Crippen LogP contribution in [0.25, 0.3) is 5.76 Å². The molecule has 1 aromatic heterocycles. The van der Waals surface area contributed by atoms with E-state index in [9.17, 15) is 19.1 Å². The largest absolute Gasteiger partial charge is 0.507 e. The number of carbonyl (C=O) groups excluding carboxylic acids is 2. The number of aliphatic hydroxyl groups excluding tert-OH is 1. The number of nitrogens with zero attached hydrogens (tertiary/aromatic N) is 1. The summed E-state index contributed by atoms with van der Waals surface area (Å²) in [6.07, 6.45) is 2.75. The smallest absolute Gasteiger partial charge is 0.295 e. The Balaban J connectivity index is 2.06. The number of unbranched alkanes of at least 4 members (excludes halogenated alkanes) is 2. The first-order valence-corrected chi connectivity index (χ1v) is 9.50. The number of hydrogen-bond acceptors (Lipinski definition) is 4. The van der Waals surface area contributed by atoms with Crippen molar-refractivity contribution in [2.45, 2.75) is 32.2 Å². The van der Waals surface area contributed by atoms with Crippen molar-refractivity contribution < 1.29 is 19.1 Å². The molecule has 0 saturated carbocycles. The van der Waals surface area contributed by atoms with Crippen molar-refractivity contribution in [3.63, 3.8) is 0 Å². The van der Waals surface area contributed by atoms with Crippen LogP contribution in [0.3, 0.4) is 0 Å². The number of rotatable bonds is 6. The number of carbonyl (C=O) groups is 2. The number of amides is 1. The number of ketones is 1. The number of benzene rings is 1. The van der Waals surface area contributed by atoms with Gasteiger partial charge in [0.2, 0.25) is 0 Å². The molecule has 136 valence electrons. The second-order valence-corrected chi connectivity index (χ2v) is 7.20. The molecule has 1 unspecified atom stereocenters. The summed E-state index contributed by atoms with van der Waals surface area (Å²) < 4.78 is 13.2. The van der Waals surface area contributed by atoms with Gasteiger partial charge in [-0.1, -0.05) is 25.8 Å². The van der Waals surface area contributed by atoms with Gasteiger partial charge in [-0.05, 0) is 42.1 Å². The summed E-state index contributed by atoms with van der Waals surface area (Å²) in [6.45, 7) is 2.53. The molecule has 0 aliphatic carbocycles. The Hall–Kier alpha value is -2.47. The van der Waals surface area contributed by atoms with Crippen molar-refractivity contribution in [2.75, 3.05) is 6.54 Å². The highest BCUT2D eigenvalue weighted by Gasteiger charge is 2.46. The minimum atomic E-state index is -0.693. The summed E-state index contributed by atoms with van der Waals surface area (Å²) in [5.41, 5.74) is 0.389. The number of hydrogen-bond donors (Lipinski definition) is 1. The van der Waals surface area contributed by atoms with E-state index in [1.165, 1.54) is 35.6 Å². The molecule has 1 aliphatic rings. The number of halogens is 1. The zero-order valence-electron chi connectivity index (χ0n) is 14.4. The Labute approximate surface area is 155 Å². The fraction of sp³-hybridized carbons (Fsp3) is 0.300. The molecule has 2 heterocycles. The van der Waals surface area contributed by atoms with Gasteiger partial charge < -0.3 is 10.0 Å². The van der Waals surface area contributed by atoms with Gasteiger partial charge >= 0.3 is 0 Å². The van der Waals surface area contributed by atoms with E-state index in [4.69, 9.17) is 0 Å². The highest BCUT2D eigenvalue weighted by molar-refractivity contribution is 7.10. The van der Waals surface area contributed by atoms with Crippen LogP contribution < -0.4 is 0 Å². The third-order valence-electron chi connectivity index (χ3n) is 4.47. The lowest BCUT2D eigenvalue weighted by Crippen LogP contribution is -2.30. The van der Waals surface area contributed by atoms with Crippen molar-refractivity contribution in [3.8, 4) is 0 Å². The first-order chi connectivity index (χ1) is 12.5. The highest BCUT2D eigenvalue weighted by Crippen LogP contribution is 2.41. The molecule has 1 atom stereocenters. The van der Waals surface area contributed by atoms with E-state index in [1.807, 2.05) is 17.5 Å². The predicted molar refractivity (Wildman–Crippen MR) is 99.3 cm³/mol. The average molecular weight is 373 g/mol. The van der Waals surface area contributed by atoms with Crippen LogP contribution in [0.1, 0.15) is 42.7 Å². The van der Waals surface area contributed by atoms with Crippen LogP contribution in [-0.4, -0.2) is 28.2 Å². The van der Waals surface area contributed by atoms with Gasteiger partial charge in [0.25, 0.3) is 11.7 Å². The van der Waals surface area contributed by atoms with Crippen LogP contribution in [0.5, 0.6) is 0 Å². The van der Waals surface area contributed by atoms with E-state index in [0.717, 1.165) is 24.1 Å². The Bertz CT molecular complexity index is 827. The molecule has 6 heteroatoms. The van der Waals surface area contributed by atoms with Crippen LogP contribution in [0.4, 0.5) is 4.39 Å². The van der Waals surface area contributed by atoms with Crippen LogP contribution >= 0.6 is 11.3 Å². The van der Waals surface area contributed by atoms with Gasteiger partial charge in [0, 0.05) is 17.0 Å². The molecule has 2 aromatic rings. The number of thiophene rings is 1. The maximum atomic E-state index is 13.2. The van der Waals surface area contributed by atoms with Crippen LogP contribution in [0.2, 0.25) is 0 Å². The first-order valence-electron chi connectivity index (χ1n) is 8.62. The predicted octanol–water partition coefficient (Wildman–Crippen LogP) is 4.50. The van der Waals surface area contributed by atoms with Crippen molar-refractivity contribution in [3.05, 3.63) is 63.6 Å². The second kappa shape index (κ2) is 7.83. The maximum absolute atomic E-state index is 13.2. The molecule has 1 N–H and O–H groups in total. The molecular weight excluding hydrogens is 353 g/mol. The SMILES string of the molecule is CCCCCN1C(=O)C(=O)/C(=C(\O)c2ccc(F)cc2)C1c1cccs1. The highest BCUT2D eigenvalue weighted by atomic mass is 32.1. The topological polar surface area (TPSA) is 57.6 Å². The van der Waals surface area contributed by atoms with Crippen molar-refractivity contribution in [1.29, 1.82) is 0 Å². The quantitative estimate of drug-likeness (QED) is 0.351. The van der Waals surface area contributed by atoms with E-state index < -0.39 is 23.5 Å². The standard InChI is InChI=1S/C20H20FNO3S/c1-2-3-4-11-22-17(15-6-5-12-26-15)16(19(24)20(22)25)18(23)13-7-9-14(21)10-8-13/h5-10,12,17,23H,2-4,11H2,1H3/b18-16-. The fourth-order valence-electron chi connectivity index (χ4n) is 3.15. The summed E-state index contributed by atoms with van der Waals surface area (Å²) in [5.74, 6) is -1.99. The van der Waals surface area contributed by atoms with Crippen molar-refractivity contribution in [2.24, 2.45) is 0 Å². The van der Waals surface area contributed by atoms with Gasteiger partial charge in [-0.2, -0.15) is 0 Å². The Morgan fingerprint density at radius 1 is 1.19 bits per heavy atom. The molecule has 1 fully saturated rings. The van der Waals surface area contributed by atoms with Gasteiger partial charge in [-0.25, -0.2) is 4.39 Å². The summed E-state index contributed by atoms with van der Waals surface area (Å²) in [4.78, 5) is 27.6. The Morgan fingerprint density at radius 3 is 2.54 bits per heavy atom. The number of likely N-dealkylation sites (tertiary alicyclic amines) is 1. The third kappa shape index (κ3) is 3.42. The van der Waals surface area contributed by atoms with Gasteiger partial charge in [-0.15, -0.1) is 11.3 Å². The summed E-state index contributed by atoms with van der Waals surface area (Å²) in [5, 5.41) is 12.6. The first kappa shape index (κ1) is 18.3. The number of Topliss-reactive ketones (excluding diaryl/α,β-unsaturated/α-hetero) is 1. The maximum Gasteiger partial charge on any atom is 0.295 e. The molecule has 1 saturated heterocycles. The zero-order valence-corrected chi connectivity index (χ0v) is 15.3. The molecule has 0 bridgehead atoms. The Morgan fingerprint density at radius 2 is 1.92 bits per heavy atom. The monoisotopic (exact) mass is 373 g/mol. The average Bonchev–Trinajstić information content (AvgIpc) is 3.24. The summed E-state index contributed by atoms with van der Waals surface area (Å²) in [7, 11) is 0. The second-order valence-electron chi connectivity index (χ2n) is 6.22. The van der Waals surface area contributed by atoms with Gasteiger partial charge in [0.15, 0.2) is 0 Å². The van der Waals surface area contributed by atoms with Gasteiger partial charge in [0.05, 0.1) is 11.6 Å². The lowest BCUT2D eigenvalue weighted by molar-refractivity contribution is -0.139. The van der Waals surface area contributed by atoms with Crippen molar-refractivity contribution in [1.82, 2.24) is 4.90 Å². The molecule has 4 nitrogen and oxygen atoms in total. The molecule has 1 amide bonds. The third-order valence-corrected chi connectivity index (χ3v) is 5.40. The van der Waals surface area contributed by atoms with Crippen LogP contribution in [0.15, 0.2) is 47.4 Å². The van der Waals surface area contributed by atoms with Crippen molar-refractivity contribution >= 4 is 28.8 Å². The van der Waals surface area contributed by atoms with Crippen LogP contribution in [-0.2, 0) is 9.59 Å². The lowest BCUT2D eigenvalue weighted by Gasteiger charge is -2.24. The molecule has 1 aliphatic heterocycles. The molecule has 26 heavy (non-hydrogen) atoms. The van der Waals surface area contributed by atoms with E-state index in [1.54, 1.807) is 4.90 Å². The molecule has 3 rings (SSSR count). The molecule has 0 radical (unpaired) electrons. The molecule has 1 aromatic carbocycles. The van der Waals surface area contributed by atoms with Gasteiger partial charge in [-0.3, -0.25) is 9.59 Å². The normalized spacial score (nSPS) is 19.3. The zero-order chi connectivity index (χ0) is 18.7. The summed E-state index contributed by atoms with van der Waals surface area (Å²) in [6, 6.07) is 8.34.